The van der Waals surface area contributed by atoms with Crippen LogP contribution in [0.15, 0.2) is 58.5 Å². The minimum absolute atomic E-state index is 0.0618. The summed E-state index contributed by atoms with van der Waals surface area (Å²) < 4.78 is 5.40. The number of nitro benzene ring substituents is 1. The number of non-ortho nitro benzene ring substituents is 1. The number of carbonyl (C=O) groups is 2. The molecule has 1 fully saturated rings. The van der Waals surface area contributed by atoms with E-state index >= 15 is 0 Å². The van der Waals surface area contributed by atoms with Gasteiger partial charge in [0, 0.05) is 35.9 Å². The topological polar surface area (TPSA) is 136 Å². The summed E-state index contributed by atoms with van der Waals surface area (Å²) in [4.78, 5) is 46.0. The van der Waals surface area contributed by atoms with Crippen LogP contribution in [0.3, 0.4) is 0 Å². The van der Waals surface area contributed by atoms with Crippen LogP contribution in [0.4, 0.5) is 5.69 Å². The third-order valence-electron chi connectivity index (χ3n) is 5.16. The Morgan fingerprint density at radius 1 is 1.35 bits per heavy atom. The molecule has 2 aromatic rings. The highest BCUT2D eigenvalue weighted by Crippen LogP contribution is 2.48. The summed E-state index contributed by atoms with van der Waals surface area (Å²) in [5, 5.41) is 21.1. The molecule has 0 bridgehead atoms. The van der Waals surface area contributed by atoms with Crippen molar-refractivity contribution < 1.29 is 24.4 Å². The Kier molecular flexibility index (Phi) is 5.70. The van der Waals surface area contributed by atoms with Gasteiger partial charge in [0.2, 0.25) is 5.91 Å². The molecule has 1 aromatic carbocycles. The lowest BCUT2D eigenvalue weighted by Gasteiger charge is -2.44. The second kappa shape index (κ2) is 8.44. The standard InChI is InChI=1S/C20H18N4O6S/c1-11(25)16-14-9-15(31-20-21-7-2-8-22-20)17(23(14)18(16)26)19(27)30-10-12-3-5-13(6-4-12)24(28)29/h2-8,11,14,16,25H,9-10H2,1H3. The summed E-state index contributed by atoms with van der Waals surface area (Å²) in [5.41, 5.74) is 0.644. The maximum Gasteiger partial charge on any atom is 0.356 e. The Labute approximate surface area is 181 Å². The number of nitrogens with zero attached hydrogens (tertiary/aromatic N) is 4. The molecule has 3 unspecified atom stereocenters. The number of hydrogen-bond acceptors (Lipinski definition) is 9. The molecule has 1 amide bonds. The molecular weight excluding hydrogens is 424 g/mol. The van der Waals surface area contributed by atoms with Gasteiger partial charge in [-0.25, -0.2) is 14.8 Å². The average Bonchev–Trinajstić information content (AvgIpc) is 3.06. The zero-order chi connectivity index (χ0) is 22.1. The van der Waals surface area contributed by atoms with Crippen molar-refractivity contribution in [2.45, 2.75) is 37.3 Å². The lowest BCUT2D eigenvalue weighted by molar-refractivity contribution is -0.384. The van der Waals surface area contributed by atoms with Crippen LogP contribution in [0.2, 0.25) is 0 Å². The van der Waals surface area contributed by atoms with E-state index in [4.69, 9.17) is 4.74 Å². The Bertz CT molecular complexity index is 1060. The van der Waals surface area contributed by atoms with Gasteiger partial charge in [-0.05, 0) is 30.7 Å². The monoisotopic (exact) mass is 442 g/mol. The van der Waals surface area contributed by atoms with Gasteiger partial charge in [-0.3, -0.25) is 14.9 Å². The number of hydrogen-bond donors (Lipinski definition) is 1. The van der Waals surface area contributed by atoms with E-state index in [9.17, 15) is 24.8 Å². The Hall–Kier alpha value is -3.31. The molecule has 2 aliphatic rings. The molecule has 31 heavy (non-hydrogen) atoms. The van der Waals surface area contributed by atoms with Crippen LogP contribution >= 0.6 is 11.8 Å². The zero-order valence-corrected chi connectivity index (χ0v) is 17.2. The number of aromatic nitrogens is 2. The molecule has 3 heterocycles. The van der Waals surface area contributed by atoms with Gasteiger partial charge in [0.05, 0.1) is 23.0 Å². The normalized spacial score (nSPS) is 20.8. The summed E-state index contributed by atoms with van der Waals surface area (Å²) in [6, 6.07) is 7.02. The van der Waals surface area contributed by atoms with E-state index in [-0.39, 0.29) is 29.9 Å². The number of β-lactam (4-membered cyclic amide) rings is 1. The highest BCUT2D eigenvalue weighted by molar-refractivity contribution is 8.03. The number of benzene rings is 1. The van der Waals surface area contributed by atoms with E-state index < -0.39 is 22.9 Å². The number of amides is 1. The van der Waals surface area contributed by atoms with Crippen molar-refractivity contribution in [3.63, 3.8) is 0 Å². The Morgan fingerprint density at radius 2 is 2.03 bits per heavy atom. The number of ether oxygens (including phenoxy) is 1. The number of thioether (sulfide) groups is 1. The van der Waals surface area contributed by atoms with Crippen molar-refractivity contribution in [2.24, 2.45) is 5.92 Å². The highest BCUT2D eigenvalue weighted by Gasteiger charge is 2.57. The van der Waals surface area contributed by atoms with Crippen LogP contribution in [0, 0.1) is 16.0 Å². The first kappa shape index (κ1) is 20.9. The van der Waals surface area contributed by atoms with Gasteiger partial charge in [0.25, 0.3) is 5.69 Å². The number of carbonyl (C=O) groups excluding carboxylic acids is 2. The summed E-state index contributed by atoms with van der Waals surface area (Å²) in [6.45, 7) is 1.45. The highest BCUT2D eigenvalue weighted by atomic mass is 32.2. The van der Waals surface area contributed by atoms with Gasteiger partial charge in [-0.2, -0.15) is 0 Å². The lowest BCUT2D eigenvalue weighted by Crippen LogP contribution is -2.61. The summed E-state index contributed by atoms with van der Waals surface area (Å²) in [7, 11) is 0. The molecule has 1 N–H and O–H groups in total. The molecule has 1 saturated heterocycles. The van der Waals surface area contributed by atoms with Crippen LogP contribution in [0.5, 0.6) is 0 Å². The fourth-order valence-electron chi connectivity index (χ4n) is 3.69. The molecule has 4 rings (SSSR count). The number of fused-ring (bicyclic) bond motifs is 1. The van der Waals surface area contributed by atoms with E-state index in [0.717, 1.165) is 0 Å². The van der Waals surface area contributed by atoms with Gasteiger partial charge >= 0.3 is 5.97 Å². The van der Waals surface area contributed by atoms with Crippen LogP contribution < -0.4 is 0 Å². The van der Waals surface area contributed by atoms with Crippen molar-refractivity contribution in [1.29, 1.82) is 0 Å². The third-order valence-corrected chi connectivity index (χ3v) is 6.15. The molecule has 2 aliphatic heterocycles. The van der Waals surface area contributed by atoms with Crippen LogP contribution in [-0.2, 0) is 20.9 Å². The number of esters is 1. The third kappa shape index (κ3) is 4.01. The SMILES string of the molecule is CC(O)C1C(=O)N2C(C(=O)OCc3ccc([N+](=O)[O-])cc3)=C(Sc3ncccn3)CC12. The first-order valence-electron chi connectivity index (χ1n) is 9.46. The van der Waals surface area contributed by atoms with Crippen molar-refractivity contribution in [2.75, 3.05) is 0 Å². The van der Waals surface area contributed by atoms with Gasteiger partial charge in [-0.1, -0.05) is 11.8 Å². The maximum atomic E-state index is 12.9. The smallest absolute Gasteiger partial charge is 0.356 e. The van der Waals surface area contributed by atoms with E-state index in [1.807, 2.05) is 0 Å². The fraction of sp³-hybridized carbons (Fsp3) is 0.300. The van der Waals surface area contributed by atoms with Crippen molar-refractivity contribution >= 4 is 29.3 Å². The first-order chi connectivity index (χ1) is 14.9. The molecule has 0 saturated carbocycles. The van der Waals surface area contributed by atoms with E-state index in [1.165, 1.54) is 40.9 Å². The largest absolute Gasteiger partial charge is 0.456 e. The molecule has 1 aromatic heterocycles. The van der Waals surface area contributed by atoms with Crippen molar-refractivity contribution in [3.8, 4) is 0 Å². The number of nitro groups is 1. The summed E-state index contributed by atoms with van der Waals surface area (Å²) in [6.07, 6.45) is 2.72. The van der Waals surface area contributed by atoms with Gasteiger partial charge in [0.15, 0.2) is 5.16 Å². The summed E-state index contributed by atoms with van der Waals surface area (Å²) >= 11 is 1.18. The van der Waals surface area contributed by atoms with E-state index in [1.54, 1.807) is 25.4 Å². The molecule has 0 aliphatic carbocycles. The Morgan fingerprint density at radius 3 is 2.65 bits per heavy atom. The van der Waals surface area contributed by atoms with Crippen LogP contribution in [-0.4, -0.2) is 48.9 Å². The molecule has 10 nitrogen and oxygen atoms in total. The molecule has 160 valence electrons. The first-order valence-corrected chi connectivity index (χ1v) is 10.3. The van der Waals surface area contributed by atoms with Crippen LogP contribution in [0.1, 0.15) is 18.9 Å². The number of aliphatic hydroxyl groups is 1. The van der Waals surface area contributed by atoms with Crippen molar-refractivity contribution in [3.05, 3.63) is 69.0 Å². The quantitative estimate of drug-likeness (QED) is 0.225. The Balaban J connectivity index is 1.54. The van der Waals surface area contributed by atoms with Crippen molar-refractivity contribution in [1.82, 2.24) is 14.9 Å². The molecule has 11 heteroatoms. The predicted molar refractivity (Wildman–Crippen MR) is 108 cm³/mol. The number of aliphatic hydroxyl groups excluding tert-OH is 1. The number of rotatable bonds is 7. The average molecular weight is 442 g/mol. The van der Waals surface area contributed by atoms with Gasteiger partial charge < -0.3 is 14.7 Å². The minimum atomic E-state index is -0.830. The minimum Gasteiger partial charge on any atom is -0.456 e. The second-order valence-electron chi connectivity index (χ2n) is 7.15. The molecule has 3 atom stereocenters. The fourth-order valence-corrected chi connectivity index (χ4v) is 4.67. The summed E-state index contributed by atoms with van der Waals surface area (Å²) in [5.74, 6) is -1.59. The van der Waals surface area contributed by atoms with Gasteiger partial charge in [-0.15, -0.1) is 0 Å². The van der Waals surface area contributed by atoms with E-state index in [2.05, 4.69) is 9.97 Å². The van der Waals surface area contributed by atoms with E-state index in [0.29, 0.717) is 22.0 Å². The molecule has 0 radical (unpaired) electrons. The second-order valence-corrected chi connectivity index (χ2v) is 8.21. The molecule has 0 spiro atoms. The van der Waals surface area contributed by atoms with Gasteiger partial charge in [0.1, 0.15) is 12.3 Å². The maximum absolute atomic E-state index is 12.9. The molecular formula is C20H18N4O6S. The zero-order valence-electron chi connectivity index (χ0n) is 16.4. The van der Waals surface area contributed by atoms with Crippen LogP contribution in [0.25, 0.3) is 0 Å². The predicted octanol–water partition coefficient (Wildman–Crippen LogP) is 2.04. The lowest BCUT2D eigenvalue weighted by atomic mass is 9.83.